The first kappa shape index (κ1) is 14.5. The number of ether oxygens (including phenoxy) is 2. The van der Waals surface area contributed by atoms with E-state index in [1.165, 1.54) is 0 Å². The van der Waals surface area contributed by atoms with E-state index >= 15 is 0 Å². The Morgan fingerprint density at radius 3 is 2.67 bits per heavy atom. The van der Waals surface area contributed by atoms with E-state index in [-0.39, 0.29) is 0 Å². The molecule has 98 valence electrons. The minimum Gasteiger partial charge on any atom is -0.496 e. The summed E-state index contributed by atoms with van der Waals surface area (Å²) >= 11 is 0. The molecular weight excluding hydrogens is 228 g/mol. The second kappa shape index (κ2) is 7.00. The van der Waals surface area contributed by atoms with E-state index in [2.05, 4.69) is 17.9 Å². The molecule has 1 atom stereocenters. The van der Waals surface area contributed by atoms with Crippen LogP contribution in [0.1, 0.15) is 18.1 Å². The molecule has 4 heteroatoms. The van der Waals surface area contributed by atoms with Crippen molar-refractivity contribution in [2.24, 2.45) is 0 Å². The van der Waals surface area contributed by atoms with Gasteiger partial charge in [0.25, 0.3) is 0 Å². The van der Waals surface area contributed by atoms with Crippen LogP contribution in [0.4, 0.5) is 0 Å². The molecule has 0 aromatic heterocycles. The van der Waals surface area contributed by atoms with Crippen molar-refractivity contribution in [2.75, 3.05) is 27.9 Å². The molecule has 0 heterocycles. The Hall–Kier alpha value is -1.57. The van der Waals surface area contributed by atoms with Gasteiger partial charge in [-0.15, -0.1) is 0 Å². The second-order valence-electron chi connectivity index (χ2n) is 4.36. The van der Waals surface area contributed by atoms with Crippen molar-refractivity contribution in [3.05, 3.63) is 29.3 Å². The lowest BCUT2D eigenvalue weighted by Gasteiger charge is -2.24. The molecule has 0 radical (unpaired) electrons. The van der Waals surface area contributed by atoms with Crippen LogP contribution in [0.3, 0.4) is 0 Å². The van der Waals surface area contributed by atoms with E-state index in [1.807, 2.05) is 19.2 Å². The van der Waals surface area contributed by atoms with Crippen LogP contribution in [0.15, 0.2) is 18.2 Å². The number of benzene rings is 1. The molecule has 0 amide bonds. The van der Waals surface area contributed by atoms with Gasteiger partial charge in [0.15, 0.2) is 0 Å². The standard InChI is InChI=1S/C14H20N2O2/c1-11(10-17-3)16(2)9-13-7-12(8-15)5-6-14(13)18-4/h5-7,11H,9-10H2,1-4H3. The Balaban J connectivity index is 2.85. The summed E-state index contributed by atoms with van der Waals surface area (Å²) in [4.78, 5) is 2.17. The molecule has 0 aliphatic carbocycles. The minimum atomic E-state index is 0.311. The summed E-state index contributed by atoms with van der Waals surface area (Å²) in [6.45, 7) is 3.50. The third-order valence-electron chi connectivity index (χ3n) is 2.99. The molecule has 18 heavy (non-hydrogen) atoms. The predicted molar refractivity (Wildman–Crippen MR) is 70.5 cm³/mol. The van der Waals surface area contributed by atoms with Gasteiger partial charge in [0.1, 0.15) is 5.75 Å². The normalized spacial score (nSPS) is 12.2. The van der Waals surface area contributed by atoms with E-state index in [0.717, 1.165) is 17.9 Å². The molecule has 1 rings (SSSR count). The number of hydrogen-bond donors (Lipinski definition) is 0. The summed E-state index contributed by atoms with van der Waals surface area (Å²) in [5.74, 6) is 0.811. The predicted octanol–water partition coefficient (Wildman–Crippen LogP) is 2.03. The molecule has 0 aliphatic heterocycles. The number of rotatable bonds is 6. The SMILES string of the molecule is COCC(C)N(C)Cc1cc(C#N)ccc1OC. The van der Waals surface area contributed by atoms with Crippen LogP contribution < -0.4 is 4.74 Å². The van der Waals surface area contributed by atoms with Gasteiger partial charge >= 0.3 is 0 Å². The van der Waals surface area contributed by atoms with Gasteiger partial charge in [-0.1, -0.05) is 0 Å². The van der Waals surface area contributed by atoms with Gasteiger partial charge in [0.2, 0.25) is 0 Å². The van der Waals surface area contributed by atoms with Crippen LogP contribution >= 0.6 is 0 Å². The Kier molecular flexibility index (Phi) is 5.63. The lowest BCUT2D eigenvalue weighted by molar-refractivity contribution is 0.111. The smallest absolute Gasteiger partial charge is 0.123 e. The first-order chi connectivity index (χ1) is 8.62. The molecule has 0 bridgehead atoms. The lowest BCUT2D eigenvalue weighted by Crippen LogP contribution is -2.32. The molecule has 0 N–H and O–H groups in total. The molecule has 1 unspecified atom stereocenters. The quantitative estimate of drug-likeness (QED) is 0.772. The number of hydrogen-bond acceptors (Lipinski definition) is 4. The Bertz CT molecular complexity index is 426. The largest absolute Gasteiger partial charge is 0.496 e. The van der Waals surface area contributed by atoms with Gasteiger partial charge < -0.3 is 9.47 Å². The molecule has 1 aromatic rings. The highest BCUT2D eigenvalue weighted by Gasteiger charge is 2.12. The summed E-state index contributed by atoms with van der Waals surface area (Å²) < 4.78 is 10.5. The number of methoxy groups -OCH3 is 2. The minimum absolute atomic E-state index is 0.311. The molecule has 0 spiro atoms. The fourth-order valence-electron chi connectivity index (χ4n) is 1.76. The Morgan fingerprint density at radius 2 is 2.11 bits per heavy atom. The second-order valence-corrected chi connectivity index (χ2v) is 4.36. The molecule has 4 nitrogen and oxygen atoms in total. The van der Waals surface area contributed by atoms with E-state index in [4.69, 9.17) is 14.7 Å². The number of nitrogens with zero attached hydrogens (tertiary/aromatic N) is 2. The molecule has 0 saturated carbocycles. The van der Waals surface area contributed by atoms with Crippen LogP contribution in [0.25, 0.3) is 0 Å². The Labute approximate surface area is 109 Å². The topological polar surface area (TPSA) is 45.5 Å². The van der Waals surface area contributed by atoms with Crippen LogP contribution in [0.2, 0.25) is 0 Å². The van der Waals surface area contributed by atoms with Gasteiger partial charge in [-0.25, -0.2) is 0 Å². The van der Waals surface area contributed by atoms with Crippen molar-refractivity contribution >= 4 is 0 Å². The summed E-state index contributed by atoms with van der Waals surface area (Å²) in [5.41, 5.74) is 1.67. The highest BCUT2D eigenvalue weighted by molar-refractivity contribution is 5.42. The summed E-state index contributed by atoms with van der Waals surface area (Å²) in [5, 5.41) is 8.93. The third kappa shape index (κ3) is 3.73. The van der Waals surface area contributed by atoms with Crippen LogP contribution in [-0.4, -0.2) is 38.8 Å². The van der Waals surface area contributed by atoms with Crippen molar-refractivity contribution in [1.82, 2.24) is 4.90 Å². The first-order valence-electron chi connectivity index (χ1n) is 5.88. The van der Waals surface area contributed by atoms with Crippen LogP contribution in [0.5, 0.6) is 5.75 Å². The fourth-order valence-corrected chi connectivity index (χ4v) is 1.76. The van der Waals surface area contributed by atoms with Crippen molar-refractivity contribution in [3.63, 3.8) is 0 Å². The van der Waals surface area contributed by atoms with Gasteiger partial charge in [0, 0.05) is 25.3 Å². The van der Waals surface area contributed by atoms with Crippen molar-refractivity contribution < 1.29 is 9.47 Å². The van der Waals surface area contributed by atoms with Crippen molar-refractivity contribution in [3.8, 4) is 11.8 Å². The van der Waals surface area contributed by atoms with Gasteiger partial charge in [-0.05, 0) is 32.2 Å². The highest BCUT2D eigenvalue weighted by Crippen LogP contribution is 2.21. The first-order valence-corrected chi connectivity index (χ1v) is 5.88. The molecule has 0 fully saturated rings. The lowest BCUT2D eigenvalue weighted by atomic mass is 10.1. The number of nitriles is 1. The maximum Gasteiger partial charge on any atom is 0.123 e. The van der Waals surface area contributed by atoms with Crippen LogP contribution in [0, 0.1) is 11.3 Å². The number of likely N-dealkylation sites (N-methyl/N-ethyl adjacent to an activating group) is 1. The average Bonchev–Trinajstić information content (AvgIpc) is 2.38. The maximum absolute atomic E-state index is 8.93. The highest BCUT2D eigenvalue weighted by atomic mass is 16.5. The van der Waals surface area contributed by atoms with Gasteiger partial charge in [0.05, 0.1) is 25.3 Å². The van der Waals surface area contributed by atoms with Gasteiger partial charge in [-0.3, -0.25) is 4.90 Å². The van der Waals surface area contributed by atoms with E-state index in [1.54, 1.807) is 20.3 Å². The summed E-state index contributed by atoms with van der Waals surface area (Å²) in [6, 6.07) is 7.93. The average molecular weight is 248 g/mol. The zero-order valence-corrected chi connectivity index (χ0v) is 11.4. The van der Waals surface area contributed by atoms with E-state index in [9.17, 15) is 0 Å². The van der Waals surface area contributed by atoms with Gasteiger partial charge in [-0.2, -0.15) is 5.26 Å². The molecule has 0 aliphatic rings. The van der Waals surface area contributed by atoms with Crippen LogP contribution in [-0.2, 0) is 11.3 Å². The molecular formula is C14H20N2O2. The van der Waals surface area contributed by atoms with Crippen molar-refractivity contribution in [1.29, 1.82) is 5.26 Å². The maximum atomic E-state index is 8.93. The zero-order valence-electron chi connectivity index (χ0n) is 11.4. The third-order valence-corrected chi connectivity index (χ3v) is 2.99. The monoisotopic (exact) mass is 248 g/mol. The van der Waals surface area contributed by atoms with Crippen molar-refractivity contribution in [2.45, 2.75) is 19.5 Å². The molecule has 1 aromatic carbocycles. The zero-order chi connectivity index (χ0) is 13.5. The molecule has 0 saturated heterocycles. The fraction of sp³-hybridized carbons (Fsp3) is 0.500. The summed E-state index contributed by atoms with van der Waals surface area (Å²) in [6.07, 6.45) is 0. The summed E-state index contributed by atoms with van der Waals surface area (Å²) in [7, 11) is 5.37. The van der Waals surface area contributed by atoms with E-state index in [0.29, 0.717) is 18.2 Å². The Morgan fingerprint density at radius 1 is 1.39 bits per heavy atom. The van der Waals surface area contributed by atoms with E-state index < -0.39 is 0 Å².